The Kier molecular flexibility index (Phi) is 5.23. The van der Waals surface area contributed by atoms with Gasteiger partial charge in [0.05, 0.1) is 30.2 Å². The summed E-state index contributed by atoms with van der Waals surface area (Å²) >= 11 is 0. The van der Waals surface area contributed by atoms with E-state index < -0.39 is 36.1 Å². The van der Waals surface area contributed by atoms with E-state index in [-0.39, 0.29) is 23.5 Å². The van der Waals surface area contributed by atoms with Gasteiger partial charge in [-0.3, -0.25) is 14.5 Å². The maximum Gasteiger partial charge on any atom is 0.337 e. The first-order valence-corrected chi connectivity index (χ1v) is 10.9. The molecule has 3 aliphatic rings. The van der Waals surface area contributed by atoms with E-state index >= 15 is 0 Å². The predicted molar refractivity (Wildman–Crippen MR) is 116 cm³/mol. The molecule has 4 atom stereocenters. The highest BCUT2D eigenvalue weighted by atomic mass is 19.1. The first kappa shape index (κ1) is 21.3. The van der Waals surface area contributed by atoms with Gasteiger partial charge in [0, 0.05) is 6.20 Å². The van der Waals surface area contributed by atoms with Crippen LogP contribution in [0.15, 0.2) is 53.9 Å². The molecule has 1 aromatic heterocycles. The number of pyridine rings is 1. The third kappa shape index (κ3) is 3.50. The summed E-state index contributed by atoms with van der Waals surface area (Å²) in [5.41, 5.74) is 2.09. The first-order chi connectivity index (χ1) is 15.9. The monoisotopic (exact) mass is 450 g/mol. The van der Waals surface area contributed by atoms with Crippen molar-refractivity contribution in [3.8, 4) is 0 Å². The highest BCUT2D eigenvalue weighted by Gasteiger charge is 2.53. The summed E-state index contributed by atoms with van der Waals surface area (Å²) in [6.45, 7) is 1.89. The van der Waals surface area contributed by atoms with Crippen LogP contribution in [0.25, 0.3) is 0 Å². The highest BCUT2D eigenvalue weighted by molar-refractivity contribution is 6.17. The predicted octanol–water partition coefficient (Wildman–Crippen LogP) is 3.62. The molecule has 0 bridgehead atoms. The zero-order valence-corrected chi connectivity index (χ0v) is 18.3. The first-order valence-electron chi connectivity index (χ1n) is 10.9. The molecule has 33 heavy (non-hydrogen) atoms. The van der Waals surface area contributed by atoms with Crippen LogP contribution in [0.4, 0.5) is 10.2 Å². The quantitative estimate of drug-likeness (QED) is 0.664. The van der Waals surface area contributed by atoms with Crippen molar-refractivity contribution < 1.29 is 28.2 Å². The largest absolute Gasteiger partial charge is 0.483 e. The lowest BCUT2D eigenvalue weighted by Gasteiger charge is -2.36. The zero-order chi connectivity index (χ0) is 23.3. The van der Waals surface area contributed by atoms with Crippen LogP contribution in [0.2, 0.25) is 0 Å². The molecule has 1 aromatic carbocycles. The molecule has 4 unspecified atom stereocenters. The minimum atomic E-state index is -1.06. The Hall–Kier alpha value is -3.55. The molecule has 7 nitrogen and oxygen atoms in total. The number of hydrogen-bond acceptors (Lipinski definition) is 6. The summed E-state index contributed by atoms with van der Waals surface area (Å²) in [5, 5.41) is 0. The standard InChI is InChI=1S/C25H23FN2O5/c1-13-9-10-27-19(11-13)28-21(14-3-5-15(6-4-14)25(31)32-2)20-22(29)17-12-16(26)7-8-18(17)33-23(20)24(28)30/h3-6,9-11,16-18,21H,7-8,12H2,1-2H3. The summed E-state index contributed by atoms with van der Waals surface area (Å²) in [7, 11) is 1.30. The second-order valence-corrected chi connectivity index (χ2v) is 8.66. The molecule has 3 heterocycles. The molecule has 0 spiro atoms. The summed E-state index contributed by atoms with van der Waals surface area (Å²) in [6.07, 6.45) is 0.828. The molecule has 0 saturated heterocycles. The Bertz CT molecular complexity index is 1180. The Morgan fingerprint density at radius 3 is 2.64 bits per heavy atom. The number of esters is 1. The van der Waals surface area contributed by atoms with Gasteiger partial charge in [0.1, 0.15) is 18.1 Å². The van der Waals surface area contributed by atoms with Gasteiger partial charge in [0.25, 0.3) is 5.91 Å². The van der Waals surface area contributed by atoms with Crippen LogP contribution in [0, 0.1) is 12.8 Å². The molecule has 1 aliphatic carbocycles. The Labute approximate surface area is 190 Å². The van der Waals surface area contributed by atoms with Gasteiger partial charge in [-0.05, 0) is 61.6 Å². The number of anilines is 1. The van der Waals surface area contributed by atoms with Gasteiger partial charge in [-0.1, -0.05) is 12.1 Å². The maximum atomic E-state index is 14.2. The number of ketones is 1. The second kappa shape index (κ2) is 8.10. The molecule has 170 valence electrons. The average Bonchev–Trinajstić information content (AvgIpc) is 3.11. The normalized spacial score (nSPS) is 26.6. The summed E-state index contributed by atoms with van der Waals surface area (Å²) in [6, 6.07) is 9.32. The number of benzene rings is 1. The number of ether oxygens (including phenoxy) is 2. The number of amides is 1. The van der Waals surface area contributed by atoms with E-state index in [4.69, 9.17) is 9.47 Å². The summed E-state index contributed by atoms with van der Waals surface area (Å²) < 4.78 is 25.0. The number of Topliss-reactive ketones (excluding diaryl/α,β-unsaturated/α-hetero) is 1. The van der Waals surface area contributed by atoms with Crippen molar-refractivity contribution in [2.45, 2.75) is 44.5 Å². The molecule has 1 amide bonds. The number of aromatic nitrogens is 1. The molecule has 0 radical (unpaired) electrons. The van der Waals surface area contributed by atoms with Crippen LogP contribution in [-0.2, 0) is 19.1 Å². The van der Waals surface area contributed by atoms with Crippen LogP contribution >= 0.6 is 0 Å². The van der Waals surface area contributed by atoms with E-state index in [1.54, 1.807) is 36.5 Å². The fourth-order valence-corrected chi connectivity index (χ4v) is 4.94. The van der Waals surface area contributed by atoms with Crippen molar-refractivity contribution in [1.29, 1.82) is 0 Å². The van der Waals surface area contributed by atoms with Crippen LogP contribution < -0.4 is 4.90 Å². The number of fused-ring (bicyclic) bond motifs is 1. The lowest BCUT2D eigenvalue weighted by Crippen LogP contribution is -2.42. The lowest BCUT2D eigenvalue weighted by molar-refractivity contribution is -0.133. The van der Waals surface area contributed by atoms with Crippen molar-refractivity contribution >= 4 is 23.5 Å². The van der Waals surface area contributed by atoms with Crippen molar-refractivity contribution in [2.75, 3.05) is 12.0 Å². The second-order valence-electron chi connectivity index (χ2n) is 8.66. The average molecular weight is 450 g/mol. The SMILES string of the molecule is COC(=O)c1ccc(C2C3=C(OC4CCC(F)CC4C3=O)C(=O)N2c2cc(C)ccn2)cc1. The fourth-order valence-electron chi connectivity index (χ4n) is 4.94. The maximum absolute atomic E-state index is 14.2. The Morgan fingerprint density at radius 2 is 1.94 bits per heavy atom. The van der Waals surface area contributed by atoms with Gasteiger partial charge < -0.3 is 9.47 Å². The van der Waals surface area contributed by atoms with E-state index in [9.17, 15) is 18.8 Å². The molecular formula is C25H23FN2O5. The number of halogens is 1. The molecule has 1 saturated carbocycles. The van der Waals surface area contributed by atoms with Gasteiger partial charge in [0.2, 0.25) is 0 Å². The molecule has 2 aliphatic heterocycles. The number of methoxy groups -OCH3 is 1. The Morgan fingerprint density at radius 1 is 1.18 bits per heavy atom. The molecule has 1 fully saturated rings. The number of alkyl halides is 1. The van der Waals surface area contributed by atoms with Gasteiger partial charge >= 0.3 is 5.97 Å². The van der Waals surface area contributed by atoms with Gasteiger partial charge in [-0.25, -0.2) is 14.2 Å². The van der Waals surface area contributed by atoms with Crippen LogP contribution in [0.5, 0.6) is 0 Å². The Balaban J connectivity index is 1.62. The van der Waals surface area contributed by atoms with Crippen LogP contribution in [-0.4, -0.2) is 42.0 Å². The fraction of sp³-hybridized carbons (Fsp3) is 0.360. The van der Waals surface area contributed by atoms with E-state index in [1.165, 1.54) is 12.0 Å². The number of carbonyl (C=O) groups is 3. The van der Waals surface area contributed by atoms with Crippen LogP contribution in [0.1, 0.15) is 46.8 Å². The third-order valence-electron chi connectivity index (χ3n) is 6.58. The number of rotatable bonds is 3. The van der Waals surface area contributed by atoms with E-state index in [0.29, 0.717) is 29.8 Å². The van der Waals surface area contributed by atoms with Gasteiger partial charge in [-0.2, -0.15) is 0 Å². The lowest BCUT2D eigenvalue weighted by atomic mass is 9.77. The number of hydrogen-bond donors (Lipinski definition) is 0. The minimum absolute atomic E-state index is 0.0175. The van der Waals surface area contributed by atoms with Crippen molar-refractivity contribution in [1.82, 2.24) is 4.98 Å². The molecule has 2 aromatic rings. The smallest absolute Gasteiger partial charge is 0.337 e. The van der Waals surface area contributed by atoms with Crippen molar-refractivity contribution in [2.24, 2.45) is 5.92 Å². The van der Waals surface area contributed by atoms with E-state index in [0.717, 1.165) is 5.56 Å². The highest BCUT2D eigenvalue weighted by Crippen LogP contribution is 2.48. The summed E-state index contributed by atoms with van der Waals surface area (Å²) in [4.78, 5) is 44.8. The number of nitrogens with zero attached hydrogens (tertiary/aromatic N) is 2. The minimum Gasteiger partial charge on any atom is -0.483 e. The molecular weight excluding hydrogens is 427 g/mol. The number of aryl methyl sites for hydroxylation is 1. The van der Waals surface area contributed by atoms with Crippen molar-refractivity contribution in [3.05, 3.63) is 70.6 Å². The molecule has 0 N–H and O–H groups in total. The number of carbonyl (C=O) groups excluding carboxylic acids is 3. The topological polar surface area (TPSA) is 85.8 Å². The molecule has 5 rings (SSSR count). The zero-order valence-electron chi connectivity index (χ0n) is 18.3. The van der Waals surface area contributed by atoms with Gasteiger partial charge in [0.15, 0.2) is 11.5 Å². The van der Waals surface area contributed by atoms with Gasteiger partial charge in [-0.15, -0.1) is 0 Å². The third-order valence-corrected chi connectivity index (χ3v) is 6.58. The summed E-state index contributed by atoms with van der Waals surface area (Å²) in [5.74, 6) is -1.41. The van der Waals surface area contributed by atoms with Crippen LogP contribution in [0.3, 0.4) is 0 Å². The molecule has 8 heteroatoms. The van der Waals surface area contributed by atoms with Crippen molar-refractivity contribution in [3.63, 3.8) is 0 Å². The van der Waals surface area contributed by atoms with E-state index in [1.807, 2.05) is 13.0 Å². The van der Waals surface area contributed by atoms with E-state index in [2.05, 4.69) is 4.98 Å².